The van der Waals surface area contributed by atoms with E-state index in [9.17, 15) is 18.0 Å². The van der Waals surface area contributed by atoms with Gasteiger partial charge in [0.2, 0.25) is 0 Å². The number of hydrogen-bond donors (Lipinski definition) is 2. The van der Waals surface area contributed by atoms with Gasteiger partial charge in [0.15, 0.2) is 0 Å². The SMILES string of the molecule is CC(CN)CNC(=O)c1csc(-c2cccc(C(F)(F)F)c2)n1.Cl.Cl. The molecule has 4 nitrogen and oxygen atoms in total. The average molecular weight is 416 g/mol. The Labute approximate surface area is 159 Å². The molecule has 0 fully saturated rings. The second-order valence-corrected chi connectivity index (χ2v) is 6.03. The number of halogens is 5. The Kier molecular flexibility index (Phi) is 9.42. The van der Waals surface area contributed by atoms with Gasteiger partial charge in [-0.3, -0.25) is 4.79 Å². The van der Waals surface area contributed by atoms with Crippen molar-refractivity contribution in [2.45, 2.75) is 13.1 Å². The summed E-state index contributed by atoms with van der Waals surface area (Å²) >= 11 is 1.13. The summed E-state index contributed by atoms with van der Waals surface area (Å²) in [5, 5.41) is 4.59. The molecule has 25 heavy (non-hydrogen) atoms. The van der Waals surface area contributed by atoms with Gasteiger partial charge in [-0.05, 0) is 24.6 Å². The van der Waals surface area contributed by atoms with Gasteiger partial charge in [0.05, 0.1) is 5.56 Å². The first-order valence-electron chi connectivity index (χ1n) is 6.92. The normalized spacial score (nSPS) is 11.9. The van der Waals surface area contributed by atoms with Crippen molar-refractivity contribution in [3.63, 3.8) is 0 Å². The van der Waals surface area contributed by atoms with Crippen LogP contribution < -0.4 is 11.1 Å². The van der Waals surface area contributed by atoms with Gasteiger partial charge in [0, 0.05) is 17.5 Å². The van der Waals surface area contributed by atoms with Gasteiger partial charge >= 0.3 is 6.18 Å². The summed E-state index contributed by atoms with van der Waals surface area (Å²) in [5.74, 6) is -0.222. The van der Waals surface area contributed by atoms with Crippen molar-refractivity contribution in [3.8, 4) is 10.6 Å². The fraction of sp³-hybridized carbons (Fsp3) is 0.333. The first-order valence-corrected chi connectivity index (χ1v) is 7.80. The van der Waals surface area contributed by atoms with Gasteiger partial charge in [-0.15, -0.1) is 36.2 Å². The van der Waals surface area contributed by atoms with Crippen LogP contribution in [0.3, 0.4) is 0 Å². The van der Waals surface area contributed by atoms with Crippen LogP contribution in [0.5, 0.6) is 0 Å². The zero-order valence-electron chi connectivity index (χ0n) is 13.2. The van der Waals surface area contributed by atoms with Crippen molar-refractivity contribution in [1.29, 1.82) is 0 Å². The highest BCUT2D eigenvalue weighted by atomic mass is 35.5. The minimum absolute atomic E-state index is 0. The Hall–Kier alpha value is -1.35. The number of carbonyl (C=O) groups excluding carboxylic acids is 1. The van der Waals surface area contributed by atoms with Gasteiger partial charge in [0.1, 0.15) is 10.7 Å². The maximum atomic E-state index is 12.7. The van der Waals surface area contributed by atoms with E-state index in [2.05, 4.69) is 10.3 Å². The molecular weight excluding hydrogens is 398 g/mol. The Morgan fingerprint density at radius 2 is 2.04 bits per heavy atom. The summed E-state index contributed by atoms with van der Waals surface area (Å²) in [4.78, 5) is 16.1. The molecule has 1 aromatic heterocycles. The van der Waals surface area contributed by atoms with Crippen LogP contribution in [0.15, 0.2) is 29.6 Å². The summed E-state index contributed by atoms with van der Waals surface area (Å²) in [7, 11) is 0. The fourth-order valence-electron chi connectivity index (χ4n) is 1.78. The predicted octanol–water partition coefficient (Wildman–Crippen LogP) is 4.00. The third-order valence-corrected chi connectivity index (χ3v) is 4.08. The van der Waals surface area contributed by atoms with Crippen molar-refractivity contribution < 1.29 is 18.0 Å². The number of carbonyl (C=O) groups is 1. The fourth-order valence-corrected chi connectivity index (χ4v) is 2.58. The van der Waals surface area contributed by atoms with Gasteiger partial charge < -0.3 is 11.1 Å². The van der Waals surface area contributed by atoms with E-state index in [0.717, 1.165) is 23.5 Å². The molecule has 0 spiro atoms. The second kappa shape index (κ2) is 9.96. The molecule has 1 unspecified atom stereocenters. The number of nitrogens with two attached hydrogens (primary N) is 1. The number of nitrogens with one attached hydrogen (secondary N) is 1. The maximum Gasteiger partial charge on any atom is 0.416 e. The van der Waals surface area contributed by atoms with Crippen LogP contribution in [0, 0.1) is 5.92 Å². The molecule has 2 rings (SSSR count). The van der Waals surface area contributed by atoms with Crippen LogP contribution in [0.4, 0.5) is 13.2 Å². The molecular formula is C15H18Cl2F3N3OS. The molecule has 0 saturated carbocycles. The number of rotatable bonds is 5. The predicted molar refractivity (Wildman–Crippen MR) is 97.6 cm³/mol. The van der Waals surface area contributed by atoms with E-state index in [0.29, 0.717) is 23.7 Å². The quantitative estimate of drug-likeness (QED) is 0.775. The monoisotopic (exact) mass is 415 g/mol. The second-order valence-electron chi connectivity index (χ2n) is 5.17. The standard InChI is InChI=1S/C15H16F3N3OS.2ClH/c1-9(6-19)7-20-13(22)12-8-23-14(21-12)10-3-2-4-11(5-10)15(16,17)18;;/h2-5,8-9H,6-7,19H2,1H3,(H,20,22);2*1H. The van der Waals surface area contributed by atoms with Crippen molar-refractivity contribution in [1.82, 2.24) is 10.3 Å². The zero-order chi connectivity index (χ0) is 17.0. The van der Waals surface area contributed by atoms with Gasteiger partial charge in [-0.2, -0.15) is 13.2 Å². The molecule has 0 bridgehead atoms. The molecule has 0 saturated heterocycles. The van der Waals surface area contributed by atoms with Crippen molar-refractivity contribution in [2.24, 2.45) is 11.7 Å². The molecule has 2 aromatic rings. The lowest BCUT2D eigenvalue weighted by atomic mass is 10.1. The highest BCUT2D eigenvalue weighted by Crippen LogP contribution is 2.33. The first-order chi connectivity index (χ1) is 10.8. The van der Waals surface area contributed by atoms with E-state index in [-0.39, 0.29) is 42.3 Å². The Morgan fingerprint density at radius 1 is 1.36 bits per heavy atom. The summed E-state index contributed by atoms with van der Waals surface area (Å²) in [6.45, 7) is 2.77. The summed E-state index contributed by atoms with van der Waals surface area (Å²) in [6, 6.07) is 4.88. The summed E-state index contributed by atoms with van der Waals surface area (Å²) in [5.41, 5.74) is 5.25. The van der Waals surface area contributed by atoms with E-state index in [4.69, 9.17) is 5.73 Å². The number of aromatic nitrogens is 1. The van der Waals surface area contributed by atoms with E-state index >= 15 is 0 Å². The van der Waals surface area contributed by atoms with Gasteiger partial charge in [-0.1, -0.05) is 19.1 Å². The highest BCUT2D eigenvalue weighted by molar-refractivity contribution is 7.13. The molecule has 1 heterocycles. The number of nitrogens with zero attached hydrogens (tertiary/aromatic N) is 1. The first kappa shape index (κ1) is 23.6. The Balaban J connectivity index is 0.00000288. The van der Waals surface area contributed by atoms with Crippen LogP contribution in [-0.2, 0) is 6.18 Å². The van der Waals surface area contributed by atoms with Crippen molar-refractivity contribution >= 4 is 42.1 Å². The molecule has 1 aromatic carbocycles. The molecule has 0 aliphatic heterocycles. The Bertz CT molecular complexity index is 695. The molecule has 10 heteroatoms. The molecule has 3 N–H and O–H groups in total. The molecule has 1 atom stereocenters. The number of hydrogen-bond acceptors (Lipinski definition) is 4. The van der Waals surface area contributed by atoms with Crippen LogP contribution in [0.25, 0.3) is 10.6 Å². The van der Waals surface area contributed by atoms with E-state index in [1.54, 1.807) is 0 Å². The maximum absolute atomic E-state index is 12.7. The third-order valence-electron chi connectivity index (χ3n) is 3.19. The van der Waals surface area contributed by atoms with Crippen molar-refractivity contribution in [2.75, 3.05) is 13.1 Å². The van der Waals surface area contributed by atoms with Gasteiger partial charge in [0.25, 0.3) is 5.91 Å². The molecule has 0 aliphatic rings. The lowest BCUT2D eigenvalue weighted by Gasteiger charge is -2.08. The largest absolute Gasteiger partial charge is 0.416 e. The van der Waals surface area contributed by atoms with Crippen LogP contribution in [-0.4, -0.2) is 24.0 Å². The van der Waals surface area contributed by atoms with Crippen LogP contribution in [0.2, 0.25) is 0 Å². The average Bonchev–Trinajstić information content (AvgIpc) is 3.01. The lowest BCUT2D eigenvalue weighted by Crippen LogP contribution is -2.31. The topological polar surface area (TPSA) is 68.0 Å². The molecule has 0 radical (unpaired) electrons. The smallest absolute Gasteiger partial charge is 0.350 e. The Morgan fingerprint density at radius 3 is 2.64 bits per heavy atom. The number of benzene rings is 1. The van der Waals surface area contributed by atoms with E-state index in [1.165, 1.54) is 17.5 Å². The van der Waals surface area contributed by atoms with Gasteiger partial charge in [-0.25, -0.2) is 4.98 Å². The van der Waals surface area contributed by atoms with E-state index < -0.39 is 11.7 Å². The van der Waals surface area contributed by atoms with Crippen molar-refractivity contribution in [3.05, 3.63) is 40.9 Å². The summed E-state index contributed by atoms with van der Waals surface area (Å²) in [6.07, 6.45) is -4.41. The lowest BCUT2D eigenvalue weighted by molar-refractivity contribution is -0.137. The zero-order valence-corrected chi connectivity index (χ0v) is 15.6. The molecule has 1 amide bonds. The minimum atomic E-state index is -4.41. The molecule has 0 aliphatic carbocycles. The third kappa shape index (κ3) is 6.47. The number of alkyl halides is 3. The number of amides is 1. The van der Waals surface area contributed by atoms with E-state index in [1.807, 2.05) is 6.92 Å². The van der Waals surface area contributed by atoms with Crippen LogP contribution >= 0.6 is 36.2 Å². The summed E-state index contributed by atoms with van der Waals surface area (Å²) < 4.78 is 38.2. The highest BCUT2D eigenvalue weighted by Gasteiger charge is 2.30. The van der Waals surface area contributed by atoms with Crippen LogP contribution in [0.1, 0.15) is 23.0 Å². The minimum Gasteiger partial charge on any atom is -0.350 e. The number of thiazole rings is 1. The molecule has 140 valence electrons.